The van der Waals surface area contributed by atoms with Crippen LogP contribution in [0.5, 0.6) is 0 Å². The van der Waals surface area contributed by atoms with E-state index in [0.717, 1.165) is 19.3 Å². The van der Waals surface area contributed by atoms with Crippen LogP contribution in [0.2, 0.25) is 0 Å². The Morgan fingerprint density at radius 3 is 2.63 bits per heavy atom. The van der Waals surface area contributed by atoms with Crippen molar-refractivity contribution in [2.45, 2.75) is 89.0 Å². The molecule has 1 spiro atoms. The van der Waals surface area contributed by atoms with Gasteiger partial charge in [-0.3, -0.25) is 14.4 Å². The molecule has 3 aliphatic heterocycles. The lowest BCUT2D eigenvalue weighted by Crippen LogP contribution is -2.56. The van der Waals surface area contributed by atoms with Gasteiger partial charge in [0.05, 0.1) is 17.4 Å². The van der Waals surface area contributed by atoms with Crippen LogP contribution >= 0.6 is 0 Å². The monoisotopic (exact) mass is 423 g/mol. The maximum atomic E-state index is 13.6. The molecule has 0 radical (unpaired) electrons. The maximum Gasteiger partial charge on any atom is 0.246 e. The lowest BCUT2D eigenvalue weighted by molar-refractivity contribution is -0.146. The molecule has 3 unspecified atom stereocenters. The second-order valence-electron chi connectivity index (χ2n) is 9.36. The molecule has 2 bridgehead atoms. The number of ether oxygens (including phenoxy) is 1. The average Bonchev–Trinajstić information content (AvgIpc) is 3.26. The van der Waals surface area contributed by atoms with Crippen molar-refractivity contribution < 1.29 is 24.2 Å². The third kappa shape index (κ3) is 3.62. The van der Waals surface area contributed by atoms with Gasteiger partial charge in [0.25, 0.3) is 0 Å². The summed E-state index contributed by atoms with van der Waals surface area (Å²) < 4.78 is 6.49. The van der Waals surface area contributed by atoms with E-state index in [4.69, 9.17) is 9.84 Å². The Morgan fingerprint density at radius 2 is 2.00 bits per heavy atom. The molecular formula is C22H37N3O5. The first-order valence-corrected chi connectivity index (χ1v) is 11.4. The van der Waals surface area contributed by atoms with Crippen molar-refractivity contribution in [3.63, 3.8) is 0 Å². The summed E-state index contributed by atoms with van der Waals surface area (Å²) in [5, 5.41) is 14.8. The van der Waals surface area contributed by atoms with Crippen LogP contribution in [0.1, 0.15) is 65.7 Å². The Labute approximate surface area is 179 Å². The van der Waals surface area contributed by atoms with Crippen molar-refractivity contribution in [3.8, 4) is 0 Å². The van der Waals surface area contributed by atoms with Crippen LogP contribution in [0.15, 0.2) is 0 Å². The average molecular weight is 424 g/mol. The third-order valence-corrected chi connectivity index (χ3v) is 7.22. The molecule has 0 saturated carbocycles. The molecule has 3 saturated heterocycles. The predicted molar refractivity (Wildman–Crippen MR) is 111 cm³/mol. The molecule has 0 aliphatic carbocycles. The van der Waals surface area contributed by atoms with Gasteiger partial charge >= 0.3 is 0 Å². The van der Waals surface area contributed by atoms with Crippen LogP contribution in [0, 0.1) is 11.8 Å². The number of unbranched alkanes of at least 4 members (excludes halogenated alkanes) is 2. The number of amides is 3. The minimum Gasteiger partial charge on any atom is -0.396 e. The zero-order valence-electron chi connectivity index (χ0n) is 18.7. The van der Waals surface area contributed by atoms with Crippen molar-refractivity contribution in [1.29, 1.82) is 0 Å². The fourth-order valence-electron chi connectivity index (χ4n) is 5.92. The Kier molecular flexibility index (Phi) is 6.77. The smallest absolute Gasteiger partial charge is 0.246 e. The van der Waals surface area contributed by atoms with Gasteiger partial charge in [0.1, 0.15) is 11.6 Å². The maximum absolute atomic E-state index is 13.6. The highest BCUT2D eigenvalue weighted by atomic mass is 16.5. The van der Waals surface area contributed by atoms with E-state index in [1.807, 2.05) is 13.8 Å². The molecule has 8 heteroatoms. The Bertz CT molecular complexity index is 686. The predicted octanol–water partition coefficient (Wildman–Crippen LogP) is 0.965. The fraction of sp³-hybridized carbons (Fsp3) is 0.864. The zero-order chi connectivity index (χ0) is 22.1. The number of carbonyl (C=O) groups excluding carboxylic acids is 3. The zero-order valence-corrected chi connectivity index (χ0v) is 18.7. The number of aliphatic hydroxyl groups excluding tert-OH is 1. The molecule has 3 heterocycles. The minimum absolute atomic E-state index is 0.00761. The summed E-state index contributed by atoms with van der Waals surface area (Å²) in [6, 6.07) is -0.715. The van der Waals surface area contributed by atoms with Gasteiger partial charge in [-0.1, -0.05) is 13.3 Å². The second-order valence-corrected chi connectivity index (χ2v) is 9.36. The van der Waals surface area contributed by atoms with Crippen LogP contribution in [0.25, 0.3) is 0 Å². The first-order valence-electron chi connectivity index (χ1n) is 11.4. The van der Waals surface area contributed by atoms with E-state index in [2.05, 4.69) is 17.6 Å². The minimum atomic E-state index is -0.948. The molecule has 30 heavy (non-hydrogen) atoms. The van der Waals surface area contributed by atoms with E-state index in [0.29, 0.717) is 32.2 Å². The highest BCUT2D eigenvalue weighted by molar-refractivity contribution is 5.99. The van der Waals surface area contributed by atoms with Crippen molar-refractivity contribution in [3.05, 3.63) is 0 Å². The number of nitrogens with zero attached hydrogens (tertiary/aromatic N) is 1. The SMILES string of the molecule is CCCC(C)NC(=O)C1N(CCCCCO)C(=O)[C@@H]2[C@H](C(=O)NC)[C@]3(C)CCC12O3. The summed E-state index contributed by atoms with van der Waals surface area (Å²) in [5.41, 5.74) is -1.67. The summed E-state index contributed by atoms with van der Waals surface area (Å²) in [6.07, 6.45) is 5.20. The van der Waals surface area contributed by atoms with E-state index < -0.39 is 29.1 Å². The van der Waals surface area contributed by atoms with Gasteiger partial charge in [0, 0.05) is 26.2 Å². The Balaban J connectivity index is 1.92. The summed E-state index contributed by atoms with van der Waals surface area (Å²) in [7, 11) is 1.58. The summed E-state index contributed by atoms with van der Waals surface area (Å²) in [4.78, 5) is 41.4. The molecule has 0 aromatic carbocycles. The highest BCUT2D eigenvalue weighted by Gasteiger charge is 2.77. The molecule has 170 valence electrons. The Morgan fingerprint density at radius 1 is 1.27 bits per heavy atom. The molecule has 0 aromatic heterocycles. The summed E-state index contributed by atoms with van der Waals surface area (Å²) >= 11 is 0. The lowest BCUT2D eigenvalue weighted by atomic mass is 9.66. The van der Waals surface area contributed by atoms with Crippen molar-refractivity contribution in [1.82, 2.24) is 15.5 Å². The number of carbonyl (C=O) groups is 3. The number of likely N-dealkylation sites (tertiary alicyclic amines) is 1. The van der Waals surface area contributed by atoms with E-state index in [9.17, 15) is 14.4 Å². The van der Waals surface area contributed by atoms with Crippen molar-refractivity contribution >= 4 is 17.7 Å². The van der Waals surface area contributed by atoms with Crippen LogP contribution in [-0.4, -0.2) is 71.2 Å². The van der Waals surface area contributed by atoms with Crippen molar-refractivity contribution in [2.24, 2.45) is 11.8 Å². The molecule has 3 N–H and O–H groups in total. The Hall–Kier alpha value is -1.67. The first kappa shape index (κ1) is 23.0. The first-order chi connectivity index (χ1) is 14.3. The van der Waals surface area contributed by atoms with Gasteiger partial charge in [-0.25, -0.2) is 0 Å². The van der Waals surface area contributed by atoms with Gasteiger partial charge in [0.2, 0.25) is 17.7 Å². The van der Waals surface area contributed by atoms with Crippen LogP contribution in [0.4, 0.5) is 0 Å². The molecule has 3 aliphatic rings. The number of aliphatic hydroxyl groups is 1. The largest absolute Gasteiger partial charge is 0.396 e. The van der Waals surface area contributed by atoms with Crippen LogP contribution in [0.3, 0.4) is 0 Å². The molecular weight excluding hydrogens is 386 g/mol. The quantitative estimate of drug-likeness (QED) is 0.454. The van der Waals surface area contributed by atoms with E-state index in [-0.39, 0.29) is 30.4 Å². The third-order valence-electron chi connectivity index (χ3n) is 7.22. The normalized spacial score (nSPS) is 35.4. The van der Waals surface area contributed by atoms with E-state index >= 15 is 0 Å². The number of hydrogen-bond acceptors (Lipinski definition) is 5. The van der Waals surface area contributed by atoms with E-state index in [1.165, 1.54) is 0 Å². The molecule has 8 nitrogen and oxygen atoms in total. The van der Waals surface area contributed by atoms with E-state index in [1.54, 1.807) is 11.9 Å². The summed E-state index contributed by atoms with van der Waals surface area (Å²) in [6.45, 7) is 6.48. The van der Waals surface area contributed by atoms with Gasteiger partial charge in [-0.05, 0) is 52.4 Å². The molecule has 3 fully saturated rings. The standard InChI is InChI=1S/C22H37N3O5/c1-5-9-14(2)24-19(28)17-22-11-10-21(3,30-22)15(18(27)23-4)16(22)20(29)25(17)12-7-6-8-13-26/h14-17,26H,5-13H2,1-4H3,(H,23,27)(H,24,28)/t14?,15-,16+,17?,21+,22?/m1/s1. The van der Waals surface area contributed by atoms with Gasteiger partial charge < -0.3 is 25.4 Å². The van der Waals surface area contributed by atoms with Crippen molar-refractivity contribution in [2.75, 3.05) is 20.2 Å². The number of nitrogens with one attached hydrogen (secondary N) is 2. The highest BCUT2D eigenvalue weighted by Crippen LogP contribution is 2.63. The topological polar surface area (TPSA) is 108 Å². The van der Waals surface area contributed by atoms with Gasteiger partial charge in [-0.15, -0.1) is 0 Å². The van der Waals surface area contributed by atoms with Gasteiger partial charge in [-0.2, -0.15) is 0 Å². The molecule has 0 aromatic rings. The number of rotatable bonds is 10. The summed E-state index contributed by atoms with van der Waals surface area (Å²) in [5.74, 6) is -1.76. The molecule has 6 atom stereocenters. The number of hydrogen-bond donors (Lipinski definition) is 3. The lowest BCUT2D eigenvalue weighted by Gasteiger charge is -2.34. The molecule has 3 amide bonds. The van der Waals surface area contributed by atoms with Crippen LogP contribution < -0.4 is 10.6 Å². The van der Waals surface area contributed by atoms with Gasteiger partial charge in [0.15, 0.2) is 0 Å². The van der Waals surface area contributed by atoms with Crippen LogP contribution in [-0.2, 0) is 19.1 Å². The number of fused-ring (bicyclic) bond motifs is 1. The molecule has 3 rings (SSSR count). The fourth-order valence-corrected chi connectivity index (χ4v) is 5.92. The second kappa shape index (κ2) is 8.83.